The third-order valence-corrected chi connectivity index (χ3v) is 2.66. The molecule has 0 atom stereocenters. The summed E-state index contributed by atoms with van der Waals surface area (Å²) in [7, 11) is 0. The molecule has 0 aromatic carbocycles. The zero-order chi connectivity index (χ0) is 15.6. The van der Waals surface area contributed by atoms with Gasteiger partial charge in [-0.3, -0.25) is 0 Å². The summed E-state index contributed by atoms with van der Waals surface area (Å²) in [5.41, 5.74) is 8.63. The Morgan fingerprint density at radius 1 is 0.750 bits per heavy atom. The maximum atomic E-state index is 9.55. The summed E-state index contributed by atoms with van der Waals surface area (Å²) >= 11 is 0. The van der Waals surface area contributed by atoms with Crippen molar-refractivity contribution in [2.45, 2.75) is 17.2 Å². The number of aliphatic hydroxyl groups excluding tert-OH is 5. The Morgan fingerprint density at radius 2 is 1.05 bits per heavy atom. The van der Waals surface area contributed by atoms with E-state index in [1.165, 1.54) is 0 Å². The molecule has 0 rings (SSSR count). The van der Waals surface area contributed by atoms with Gasteiger partial charge in [0.2, 0.25) is 0 Å². The first-order valence-electron chi connectivity index (χ1n) is 6.19. The Kier molecular flexibility index (Phi) is 9.38. The first kappa shape index (κ1) is 19.6. The van der Waals surface area contributed by atoms with Gasteiger partial charge in [-0.15, -0.1) is 0 Å². The van der Waals surface area contributed by atoms with Crippen molar-refractivity contribution in [3.63, 3.8) is 0 Å². The molecular formula is C11H26N2O7. The number of nitrogens with two attached hydrogens (primary N) is 2. The Hall–Kier alpha value is -0.360. The number of hydrogen-bond donors (Lipinski definition) is 7. The smallest absolute Gasteiger partial charge is 0.101 e. The van der Waals surface area contributed by atoms with Gasteiger partial charge in [-0.2, -0.15) is 0 Å². The Morgan fingerprint density at radius 3 is 1.30 bits per heavy atom. The van der Waals surface area contributed by atoms with Crippen LogP contribution in [0.5, 0.6) is 0 Å². The summed E-state index contributed by atoms with van der Waals surface area (Å²) in [5, 5.41) is 45.2. The first-order chi connectivity index (χ1) is 9.34. The average Bonchev–Trinajstić information content (AvgIpc) is 2.46. The second-order valence-corrected chi connectivity index (χ2v) is 5.04. The van der Waals surface area contributed by atoms with E-state index in [-0.39, 0.29) is 26.4 Å². The molecule has 9 heteroatoms. The minimum atomic E-state index is -1.25. The number of rotatable bonds is 12. The lowest BCUT2D eigenvalue weighted by Crippen LogP contribution is -2.52. The molecule has 0 spiro atoms. The van der Waals surface area contributed by atoms with Crippen LogP contribution in [-0.2, 0) is 9.47 Å². The van der Waals surface area contributed by atoms with Crippen LogP contribution in [0.2, 0.25) is 0 Å². The monoisotopic (exact) mass is 298 g/mol. The standard InChI is InChI=1S/C11H26N2O7/c12-10(3-14,4-15)7-19-1-9(18)2-20-8-11(13,5-16)6-17/h9,14-18H,1-8,12-13H2. The molecule has 9 N–H and O–H groups in total. The lowest BCUT2D eigenvalue weighted by molar-refractivity contribution is -0.0547. The van der Waals surface area contributed by atoms with Gasteiger partial charge in [0.1, 0.15) is 6.10 Å². The molecule has 0 saturated carbocycles. The maximum Gasteiger partial charge on any atom is 0.101 e. The Labute approximate surface area is 117 Å². The number of ether oxygens (including phenoxy) is 2. The van der Waals surface area contributed by atoms with E-state index in [4.69, 9.17) is 41.4 Å². The molecule has 0 aliphatic rings. The topological polar surface area (TPSA) is 172 Å². The highest BCUT2D eigenvalue weighted by molar-refractivity contribution is 4.83. The molecule has 9 nitrogen and oxygen atoms in total. The summed E-state index contributed by atoms with van der Waals surface area (Å²) in [6.45, 7) is -2.23. The van der Waals surface area contributed by atoms with E-state index in [1.54, 1.807) is 0 Å². The lowest BCUT2D eigenvalue weighted by atomic mass is 10.1. The molecule has 0 radical (unpaired) electrons. The first-order valence-corrected chi connectivity index (χ1v) is 6.19. The van der Waals surface area contributed by atoms with Crippen molar-refractivity contribution >= 4 is 0 Å². The molecule has 0 aromatic heterocycles. The molecule has 20 heavy (non-hydrogen) atoms. The van der Waals surface area contributed by atoms with Gasteiger partial charge in [-0.1, -0.05) is 0 Å². The zero-order valence-electron chi connectivity index (χ0n) is 11.4. The van der Waals surface area contributed by atoms with Gasteiger partial charge in [0.05, 0.1) is 63.9 Å². The van der Waals surface area contributed by atoms with Gasteiger partial charge in [0.15, 0.2) is 0 Å². The van der Waals surface area contributed by atoms with Crippen LogP contribution in [0, 0.1) is 0 Å². The molecule has 0 amide bonds. The fraction of sp³-hybridized carbons (Fsp3) is 1.00. The van der Waals surface area contributed by atoms with Crippen LogP contribution < -0.4 is 11.5 Å². The van der Waals surface area contributed by atoms with E-state index < -0.39 is 43.6 Å². The highest BCUT2D eigenvalue weighted by Gasteiger charge is 2.25. The fourth-order valence-electron chi connectivity index (χ4n) is 1.13. The summed E-state index contributed by atoms with van der Waals surface area (Å²) in [6.07, 6.45) is -0.960. The van der Waals surface area contributed by atoms with E-state index in [9.17, 15) is 5.11 Å². The Bertz CT molecular complexity index is 223. The maximum absolute atomic E-state index is 9.55. The van der Waals surface area contributed by atoms with E-state index in [1.807, 2.05) is 0 Å². The van der Waals surface area contributed by atoms with Crippen LogP contribution in [0.3, 0.4) is 0 Å². The average molecular weight is 298 g/mol. The van der Waals surface area contributed by atoms with Gasteiger partial charge in [-0.05, 0) is 0 Å². The fourth-order valence-corrected chi connectivity index (χ4v) is 1.13. The SMILES string of the molecule is NC(CO)(CO)COCC(O)COCC(N)(CO)CO. The second-order valence-electron chi connectivity index (χ2n) is 5.04. The van der Waals surface area contributed by atoms with Gasteiger partial charge in [-0.25, -0.2) is 0 Å². The molecule has 0 saturated heterocycles. The van der Waals surface area contributed by atoms with Crippen molar-refractivity contribution in [2.24, 2.45) is 11.5 Å². The zero-order valence-corrected chi connectivity index (χ0v) is 11.4. The summed E-state index contributed by atoms with van der Waals surface area (Å²) in [6, 6.07) is 0. The van der Waals surface area contributed by atoms with Crippen molar-refractivity contribution in [3.8, 4) is 0 Å². The van der Waals surface area contributed by atoms with Gasteiger partial charge < -0.3 is 46.5 Å². The van der Waals surface area contributed by atoms with Crippen LogP contribution in [0.25, 0.3) is 0 Å². The van der Waals surface area contributed by atoms with Crippen LogP contribution in [0.4, 0.5) is 0 Å². The molecule has 0 fully saturated rings. The molecule has 0 heterocycles. The molecule has 0 aliphatic heterocycles. The third-order valence-electron chi connectivity index (χ3n) is 2.66. The Balaban J connectivity index is 3.82. The lowest BCUT2D eigenvalue weighted by Gasteiger charge is -2.26. The highest BCUT2D eigenvalue weighted by Crippen LogP contribution is 2.02. The largest absolute Gasteiger partial charge is 0.394 e. The van der Waals surface area contributed by atoms with E-state index in [0.717, 1.165) is 0 Å². The molecular weight excluding hydrogens is 272 g/mol. The van der Waals surface area contributed by atoms with Crippen molar-refractivity contribution in [2.75, 3.05) is 52.9 Å². The van der Waals surface area contributed by atoms with E-state index in [0.29, 0.717) is 0 Å². The van der Waals surface area contributed by atoms with Gasteiger partial charge in [0.25, 0.3) is 0 Å². The normalized spacial score (nSPS) is 13.2. The third kappa shape index (κ3) is 7.43. The van der Waals surface area contributed by atoms with Crippen LogP contribution >= 0.6 is 0 Å². The second kappa shape index (κ2) is 9.55. The summed E-state index contributed by atoms with van der Waals surface area (Å²) < 4.78 is 10.1. The molecule has 0 aliphatic carbocycles. The van der Waals surface area contributed by atoms with Crippen molar-refractivity contribution in [1.29, 1.82) is 0 Å². The van der Waals surface area contributed by atoms with Gasteiger partial charge >= 0.3 is 0 Å². The highest BCUT2D eigenvalue weighted by atomic mass is 16.5. The van der Waals surface area contributed by atoms with E-state index in [2.05, 4.69) is 0 Å². The van der Waals surface area contributed by atoms with Crippen molar-refractivity contribution in [3.05, 3.63) is 0 Å². The molecule has 0 unspecified atom stereocenters. The number of hydrogen-bond acceptors (Lipinski definition) is 9. The summed E-state index contributed by atoms with van der Waals surface area (Å²) in [4.78, 5) is 0. The van der Waals surface area contributed by atoms with Gasteiger partial charge in [0, 0.05) is 0 Å². The van der Waals surface area contributed by atoms with Crippen LogP contribution in [0.15, 0.2) is 0 Å². The molecule has 122 valence electrons. The predicted octanol–water partition coefficient (Wildman–Crippen LogP) is -4.26. The predicted molar refractivity (Wildman–Crippen MR) is 69.8 cm³/mol. The van der Waals surface area contributed by atoms with Crippen LogP contribution in [0.1, 0.15) is 0 Å². The minimum Gasteiger partial charge on any atom is -0.394 e. The minimum absolute atomic E-state index is 0.102. The van der Waals surface area contributed by atoms with Crippen molar-refractivity contribution in [1.82, 2.24) is 0 Å². The van der Waals surface area contributed by atoms with E-state index >= 15 is 0 Å². The summed E-state index contributed by atoms with van der Waals surface area (Å²) in [5.74, 6) is 0. The molecule has 0 aromatic rings. The quantitative estimate of drug-likeness (QED) is 0.188. The van der Waals surface area contributed by atoms with Crippen molar-refractivity contribution < 1.29 is 35.0 Å². The number of aliphatic hydroxyl groups is 5. The van der Waals surface area contributed by atoms with Crippen LogP contribution in [-0.4, -0.2) is 95.6 Å². The molecule has 0 bridgehead atoms.